The third-order valence-electron chi connectivity index (χ3n) is 4.78. The number of nitrogens with one attached hydrogen (secondary N) is 2. The number of phenolic OH excluding ortho intramolecular Hbond substituents is 1. The maximum atomic E-state index is 12.1. The van der Waals surface area contributed by atoms with E-state index in [0.717, 1.165) is 16.6 Å². The maximum absolute atomic E-state index is 12.1. The van der Waals surface area contributed by atoms with Crippen molar-refractivity contribution >= 4 is 62.8 Å². The Labute approximate surface area is 232 Å². The molecule has 1 heterocycles. The Hall–Kier alpha value is -2.49. The van der Waals surface area contributed by atoms with Gasteiger partial charge in [-0.1, -0.05) is 51.4 Å². The number of hydrogen-bond donors (Lipinski definition) is 4. The Morgan fingerprint density at radius 2 is 1.78 bits per heavy atom. The number of halogens is 1. The topological polar surface area (TPSA) is 112 Å². The number of benzene rings is 2. The predicted molar refractivity (Wildman–Crippen MR) is 157 cm³/mol. The predicted octanol–water partition coefficient (Wildman–Crippen LogP) is 8.42. The molecule has 2 aromatic carbocycles. The molecule has 0 aliphatic rings. The van der Waals surface area contributed by atoms with Crippen LogP contribution in [-0.4, -0.2) is 31.9 Å². The molecule has 2 amide bonds. The lowest BCUT2D eigenvalue weighted by atomic mass is 9.84. The molecule has 3 rings (SSSR count). The maximum Gasteiger partial charge on any atom is 0.329 e. The van der Waals surface area contributed by atoms with Gasteiger partial charge in [0.05, 0.1) is 20.8 Å². The standard InChI is InChI=1S/C18H18ClN3O2S2.C9H18O2/c1-18(2,3)26-22-17(24)20-10-8-11(15(23)12(19)9-10)16-21-13-6-4-5-7-14(13)25-16;1-7(5-8(10)11)6-9(2,3)4/h4-9,23H,1-3H3,(H2,20,22,24);7H,5-6H2,1-4H3,(H,10,11). The molecule has 0 aliphatic carbocycles. The summed E-state index contributed by atoms with van der Waals surface area (Å²) in [6, 6.07) is 10.5. The molecule has 7 nitrogen and oxygen atoms in total. The van der Waals surface area contributed by atoms with Crippen LogP contribution in [0.25, 0.3) is 20.8 Å². The molecule has 0 fully saturated rings. The van der Waals surface area contributed by atoms with Crippen LogP contribution < -0.4 is 10.0 Å². The van der Waals surface area contributed by atoms with Gasteiger partial charge in [-0.15, -0.1) is 11.3 Å². The van der Waals surface area contributed by atoms with Crippen LogP contribution in [0.3, 0.4) is 0 Å². The summed E-state index contributed by atoms with van der Waals surface area (Å²) in [6.07, 6.45) is 1.26. The minimum atomic E-state index is -0.693. The Balaban J connectivity index is 0.000000371. The highest BCUT2D eigenvalue weighted by Gasteiger charge is 2.18. The second-order valence-electron chi connectivity index (χ2n) is 11.1. The van der Waals surface area contributed by atoms with E-state index in [4.69, 9.17) is 16.7 Å². The minimum absolute atomic E-state index is 0.0549. The molecule has 0 saturated carbocycles. The molecule has 202 valence electrons. The van der Waals surface area contributed by atoms with Gasteiger partial charge in [0.2, 0.25) is 0 Å². The number of aliphatic carboxylic acids is 1. The lowest BCUT2D eigenvalue weighted by molar-refractivity contribution is -0.138. The van der Waals surface area contributed by atoms with Crippen molar-refractivity contribution in [3.05, 3.63) is 41.4 Å². The van der Waals surface area contributed by atoms with Crippen LogP contribution in [0.4, 0.5) is 10.5 Å². The molecule has 0 radical (unpaired) electrons. The molecule has 0 spiro atoms. The normalized spacial score (nSPS) is 12.4. The molecule has 1 aromatic heterocycles. The summed E-state index contributed by atoms with van der Waals surface area (Å²) in [4.78, 5) is 26.9. The van der Waals surface area contributed by atoms with Gasteiger partial charge in [-0.05, 0) is 74.7 Å². The summed E-state index contributed by atoms with van der Waals surface area (Å²) in [7, 11) is 0. The van der Waals surface area contributed by atoms with E-state index < -0.39 is 5.97 Å². The zero-order valence-corrected chi connectivity index (χ0v) is 24.7. The van der Waals surface area contributed by atoms with Gasteiger partial charge >= 0.3 is 12.0 Å². The second kappa shape index (κ2) is 12.8. The third-order valence-corrected chi connectivity index (χ3v) is 7.04. The van der Waals surface area contributed by atoms with Gasteiger partial charge in [-0.3, -0.25) is 9.52 Å². The second-order valence-corrected chi connectivity index (χ2v) is 14.2. The highest BCUT2D eigenvalue weighted by atomic mass is 35.5. The fourth-order valence-electron chi connectivity index (χ4n) is 3.59. The van der Waals surface area contributed by atoms with E-state index >= 15 is 0 Å². The van der Waals surface area contributed by atoms with Crippen molar-refractivity contribution in [1.29, 1.82) is 0 Å². The Kier molecular flexibility index (Phi) is 10.7. The number of para-hydroxylation sites is 1. The highest BCUT2D eigenvalue weighted by Crippen LogP contribution is 2.41. The van der Waals surface area contributed by atoms with Crippen molar-refractivity contribution in [2.24, 2.45) is 11.3 Å². The number of hydrogen-bond acceptors (Lipinski definition) is 6. The van der Waals surface area contributed by atoms with Crippen LogP contribution in [-0.2, 0) is 4.79 Å². The SMILES string of the molecule is CC(C)(C)SNC(=O)Nc1cc(Cl)c(O)c(-c2nc3ccccc3s2)c1.CC(CC(=O)O)CC(C)(C)C. The molecule has 1 unspecified atom stereocenters. The smallest absolute Gasteiger partial charge is 0.329 e. The molecule has 37 heavy (non-hydrogen) atoms. The number of aromatic nitrogens is 1. The number of aromatic hydroxyl groups is 1. The molecule has 0 saturated heterocycles. The summed E-state index contributed by atoms with van der Waals surface area (Å²) < 4.78 is 3.64. The summed E-state index contributed by atoms with van der Waals surface area (Å²) in [6.45, 7) is 14.4. The average molecular weight is 566 g/mol. The molecular formula is C27H36ClN3O4S2. The van der Waals surface area contributed by atoms with E-state index in [0.29, 0.717) is 16.3 Å². The first-order chi connectivity index (χ1) is 17.0. The van der Waals surface area contributed by atoms with Crippen LogP contribution in [0.5, 0.6) is 5.75 Å². The Morgan fingerprint density at radius 3 is 2.35 bits per heavy atom. The van der Waals surface area contributed by atoms with Gasteiger partial charge in [-0.25, -0.2) is 9.78 Å². The van der Waals surface area contributed by atoms with Crippen molar-refractivity contribution in [1.82, 2.24) is 9.71 Å². The summed E-state index contributed by atoms with van der Waals surface area (Å²) in [5.41, 5.74) is 2.06. The van der Waals surface area contributed by atoms with Crippen LogP contribution in [0.15, 0.2) is 36.4 Å². The van der Waals surface area contributed by atoms with Crippen molar-refractivity contribution in [3.8, 4) is 16.3 Å². The zero-order chi connectivity index (χ0) is 28.0. The van der Waals surface area contributed by atoms with E-state index in [1.165, 1.54) is 29.4 Å². The van der Waals surface area contributed by atoms with E-state index in [1.807, 2.05) is 52.0 Å². The number of fused-ring (bicyclic) bond motifs is 1. The van der Waals surface area contributed by atoms with Crippen LogP contribution >= 0.6 is 34.9 Å². The van der Waals surface area contributed by atoms with E-state index in [-0.39, 0.29) is 39.3 Å². The summed E-state index contributed by atoms with van der Waals surface area (Å²) in [5, 5.41) is 22.4. The number of carboxylic acid groups (broad SMARTS) is 1. The van der Waals surface area contributed by atoms with Gasteiger partial charge in [0.25, 0.3) is 0 Å². The Bertz CT molecular complexity index is 1200. The largest absolute Gasteiger partial charge is 0.506 e. The number of carboxylic acids is 1. The molecular weight excluding hydrogens is 530 g/mol. The van der Waals surface area contributed by atoms with Gasteiger partial charge in [-0.2, -0.15) is 0 Å². The van der Waals surface area contributed by atoms with Crippen molar-refractivity contribution in [2.45, 2.75) is 66.1 Å². The number of amides is 2. The Morgan fingerprint density at radius 1 is 1.14 bits per heavy atom. The minimum Gasteiger partial charge on any atom is -0.506 e. The third kappa shape index (κ3) is 10.8. The summed E-state index contributed by atoms with van der Waals surface area (Å²) >= 11 is 8.92. The number of anilines is 1. The quantitative estimate of drug-likeness (QED) is 0.176. The number of nitrogens with zero attached hydrogens (tertiary/aromatic N) is 1. The number of urea groups is 1. The first-order valence-corrected chi connectivity index (χ1v) is 13.9. The molecule has 1 atom stereocenters. The first-order valence-electron chi connectivity index (χ1n) is 11.9. The molecule has 4 N–H and O–H groups in total. The van der Waals surface area contributed by atoms with E-state index in [1.54, 1.807) is 6.07 Å². The van der Waals surface area contributed by atoms with Crippen LogP contribution in [0.1, 0.15) is 61.3 Å². The van der Waals surface area contributed by atoms with Gasteiger partial charge in [0.15, 0.2) is 0 Å². The molecule has 3 aromatic rings. The summed E-state index contributed by atoms with van der Waals surface area (Å²) in [5.74, 6) is -0.463. The van der Waals surface area contributed by atoms with Gasteiger partial charge in [0.1, 0.15) is 10.8 Å². The lowest BCUT2D eigenvalue weighted by Crippen LogP contribution is -2.27. The van der Waals surface area contributed by atoms with Gasteiger partial charge in [0, 0.05) is 16.9 Å². The number of rotatable bonds is 6. The lowest BCUT2D eigenvalue weighted by Gasteiger charge is -2.21. The zero-order valence-electron chi connectivity index (χ0n) is 22.3. The first kappa shape index (κ1) is 30.7. The number of carbonyl (C=O) groups is 2. The van der Waals surface area contributed by atoms with Crippen LogP contribution in [0, 0.1) is 11.3 Å². The highest BCUT2D eigenvalue weighted by molar-refractivity contribution is 7.99. The molecule has 10 heteroatoms. The molecule has 0 bridgehead atoms. The average Bonchev–Trinajstić information content (AvgIpc) is 3.17. The number of carbonyl (C=O) groups excluding carboxylic acids is 1. The van der Waals surface area contributed by atoms with E-state index in [2.05, 4.69) is 35.8 Å². The number of phenols is 1. The monoisotopic (exact) mass is 565 g/mol. The van der Waals surface area contributed by atoms with Crippen molar-refractivity contribution < 1.29 is 19.8 Å². The van der Waals surface area contributed by atoms with Crippen molar-refractivity contribution in [2.75, 3.05) is 5.32 Å². The van der Waals surface area contributed by atoms with E-state index in [9.17, 15) is 14.7 Å². The molecule has 0 aliphatic heterocycles. The number of thiazole rings is 1. The van der Waals surface area contributed by atoms with Crippen LogP contribution in [0.2, 0.25) is 5.02 Å². The van der Waals surface area contributed by atoms with Gasteiger partial charge < -0.3 is 15.5 Å². The fraction of sp³-hybridized carbons (Fsp3) is 0.444. The van der Waals surface area contributed by atoms with Crippen molar-refractivity contribution in [3.63, 3.8) is 0 Å². The fourth-order valence-corrected chi connectivity index (χ4v) is 5.25.